The number of aliphatic hydroxyl groups is 1. The molecule has 3 aliphatic rings. The van der Waals surface area contributed by atoms with E-state index in [4.69, 9.17) is 19.8 Å². The number of halogens is 3. The minimum atomic E-state index is -3.09. The maximum absolute atomic E-state index is 13.5. The van der Waals surface area contributed by atoms with Crippen molar-refractivity contribution in [2.75, 3.05) is 13.2 Å². The Bertz CT molecular complexity index is 1690. The molecule has 0 amide bonds. The second-order valence-electron chi connectivity index (χ2n) is 11.3. The summed E-state index contributed by atoms with van der Waals surface area (Å²) in [6.07, 6.45) is 7.09. The molecule has 224 valence electrons. The van der Waals surface area contributed by atoms with Crippen LogP contribution in [-0.2, 0) is 13.1 Å². The molecule has 4 aromatic rings. The van der Waals surface area contributed by atoms with Crippen LogP contribution >= 0.6 is 0 Å². The van der Waals surface area contributed by atoms with Gasteiger partial charge in [-0.3, -0.25) is 14.6 Å². The van der Waals surface area contributed by atoms with Gasteiger partial charge in [0.05, 0.1) is 42.6 Å². The average Bonchev–Trinajstić information content (AvgIpc) is 3.36. The molecule has 11 nitrogen and oxygen atoms in total. The third-order valence-corrected chi connectivity index (χ3v) is 8.99. The molecule has 2 aliphatic carbocycles. The van der Waals surface area contributed by atoms with Crippen molar-refractivity contribution in [2.45, 2.75) is 57.7 Å². The highest BCUT2D eigenvalue weighted by Gasteiger charge is 2.57. The first-order valence-corrected chi connectivity index (χ1v) is 14.1. The van der Waals surface area contributed by atoms with E-state index in [1.165, 1.54) is 22.8 Å². The normalized spacial score (nSPS) is 23.6. The zero-order chi connectivity index (χ0) is 29.8. The van der Waals surface area contributed by atoms with E-state index in [0.717, 1.165) is 49.9 Å². The number of hydrogen-bond donors (Lipinski definition) is 2. The number of rotatable bonds is 9. The Hall–Kier alpha value is -4.35. The van der Waals surface area contributed by atoms with Gasteiger partial charge in [-0.15, -0.1) is 0 Å². The molecule has 0 bridgehead atoms. The molecule has 2 N–H and O–H groups in total. The van der Waals surface area contributed by atoms with Crippen LogP contribution < -0.4 is 14.8 Å². The van der Waals surface area contributed by atoms with E-state index in [2.05, 4.69) is 26.5 Å². The zero-order valence-corrected chi connectivity index (χ0v) is 23.2. The van der Waals surface area contributed by atoms with Gasteiger partial charge >= 0.3 is 6.61 Å². The smallest absolute Gasteiger partial charge is 0.387 e. The van der Waals surface area contributed by atoms with Gasteiger partial charge in [0.15, 0.2) is 29.3 Å². The predicted octanol–water partition coefficient (Wildman–Crippen LogP) is 3.42. The number of pyridine rings is 2. The summed E-state index contributed by atoms with van der Waals surface area (Å²) in [5.74, 6) is 0.515. The van der Waals surface area contributed by atoms with Crippen LogP contribution in [0.2, 0.25) is 0 Å². The lowest BCUT2D eigenvalue weighted by atomic mass is 10.0. The van der Waals surface area contributed by atoms with Crippen molar-refractivity contribution in [3.05, 3.63) is 59.6 Å². The molecule has 0 saturated heterocycles. The van der Waals surface area contributed by atoms with Crippen molar-refractivity contribution in [3.8, 4) is 28.9 Å². The summed E-state index contributed by atoms with van der Waals surface area (Å²) in [6, 6.07) is 5.05. The van der Waals surface area contributed by atoms with E-state index in [0.29, 0.717) is 35.2 Å². The predicted molar refractivity (Wildman–Crippen MR) is 145 cm³/mol. The number of ether oxygens (including phenoxy) is 2. The summed E-state index contributed by atoms with van der Waals surface area (Å²) in [4.78, 5) is 6.52. The first-order chi connectivity index (χ1) is 20.8. The molecule has 3 atom stereocenters. The molecule has 7 rings (SSSR count). The Morgan fingerprint density at radius 1 is 1.16 bits per heavy atom. The molecule has 3 unspecified atom stereocenters. The van der Waals surface area contributed by atoms with Gasteiger partial charge in [0.2, 0.25) is 0 Å². The third-order valence-electron chi connectivity index (χ3n) is 8.99. The van der Waals surface area contributed by atoms with E-state index in [9.17, 15) is 18.3 Å². The third kappa shape index (κ3) is 4.92. The van der Waals surface area contributed by atoms with Crippen molar-refractivity contribution >= 4 is 5.52 Å². The van der Waals surface area contributed by atoms with Crippen LogP contribution in [0.4, 0.5) is 13.2 Å². The molecule has 14 heteroatoms. The summed E-state index contributed by atoms with van der Waals surface area (Å²) in [5.41, 5.74) is 3.82. The van der Waals surface area contributed by atoms with Gasteiger partial charge in [-0.05, 0) is 55.4 Å². The fourth-order valence-electron chi connectivity index (χ4n) is 6.83. The molecular formula is C29H29F3N8O3. The highest BCUT2D eigenvalue weighted by molar-refractivity contribution is 5.75. The first-order valence-electron chi connectivity index (χ1n) is 14.1. The maximum Gasteiger partial charge on any atom is 0.387 e. The monoisotopic (exact) mass is 594 g/mol. The van der Waals surface area contributed by atoms with Gasteiger partial charge < -0.3 is 19.9 Å². The van der Waals surface area contributed by atoms with Crippen molar-refractivity contribution in [3.63, 3.8) is 0 Å². The van der Waals surface area contributed by atoms with Crippen LogP contribution in [-0.4, -0.2) is 66.2 Å². The first kappa shape index (κ1) is 27.5. The highest BCUT2D eigenvalue weighted by atomic mass is 19.3. The number of nitriles is 1. The number of hydrogen-bond acceptors (Lipinski definition) is 9. The molecule has 4 aromatic heterocycles. The molecule has 2 saturated carbocycles. The Labute approximate surface area is 244 Å². The zero-order valence-electron chi connectivity index (χ0n) is 23.2. The van der Waals surface area contributed by atoms with Gasteiger partial charge in [0, 0.05) is 36.9 Å². The van der Waals surface area contributed by atoms with Crippen molar-refractivity contribution in [1.82, 2.24) is 34.6 Å². The van der Waals surface area contributed by atoms with Crippen LogP contribution in [0, 0.1) is 36.0 Å². The lowest BCUT2D eigenvalue weighted by molar-refractivity contribution is -0.0489. The Morgan fingerprint density at radius 3 is 2.67 bits per heavy atom. The number of aliphatic hydroxyl groups excluding tert-OH is 1. The van der Waals surface area contributed by atoms with E-state index >= 15 is 0 Å². The SMILES string of the molecule is Cc1c(-c2cc(OC(CO)c3ccc(F)cn3)c3c(OC(F)F)cnn3c2)nn2c1CN(C1CC3C(C1)C3NC#N)CC2. The molecule has 0 aromatic carbocycles. The van der Waals surface area contributed by atoms with Crippen molar-refractivity contribution in [2.24, 2.45) is 11.8 Å². The fourth-order valence-corrected chi connectivity index (χ4v) is 6.83. The second-order valence-corrected chi connectivity index (χ2v) is 11.3. The summed E-state index contributed by atoms with van der Waals surface area (Å²) in [5, 5.41) is 31.1. The Kier molecular flexibility index (Phi) is 6.86. The summed E-state index contributed by atoms with van der Waals surface area (Å²) in [6.45, 7) is 0.772. The van der Waals surface area contributed by atoms with Gasteiger partial charge in [0.1, 0.15) is 5.82 Å². The van der Waals surface area contributed by atoms with E-state index in [-0.39, 0.29) is 22.7 Å². The molecule has 0 spiro atoms. The van der Waals surface area contributed by atoms with Crippen LogP contribution in [0.5, 0.6) is 11.5 Å². The minimum Gasteiger partial charge on any atom is -0.479 e. The standard InChI is InChI=1S/C29H29F3N8O3/c1-15-22-12-38(18-7-19-20(8-18)27(19)35-14-33)4-5-39(22)37-26(15)16-6-23(28-24(43-29(31)32)10-36-40(28)11-16)42-25(13-41)21-3-2-17(30)9-34-21/h2-3,6,9-11,18-20,25,27,29,35,41H,4-5,7-8,12-13H2,1H3. The van der Waals surface area contributed by atoms with Gasteiger partial charge in [-0.1, -0.05) is 0 Å². The lowest BCUT2D eigenvalue weighted by Gasteiger charge is -2.34. The highest BCUT2D eigenvalue weighted by Crippen LogP contribution is 2.53. The summed E-state index contributed by atoms with van der Waals surface area (Å²) >= 11 is 0. The van der Waals surface area contributed by atoms with Gasteiger partial charge in [0.25, 0.3) is 0 Å². The van der Waals surface area contributed by atoms with E-state index in [1.54, 1.807) is 12.3 Å². The molecular weight excluding hydrogens is 565 g/mol. The second kappa shape index (κ2) is 10.7. The molecule has 43 heavy (non-hydrogen) atoms. The quantitative estimate of drug-likeness (QED) is 0.222. The molecule has 1 aliphatic heterocycles. The summed E-state index contributed by atoms with van der Waals surface area (Å²) < 4.78 is 54.1. The fraction of sp³-hybridized carbons (Fsp3) is 0.448. The number of nitrogens with one attached hydrogen (secondary N) is 1. The maximum atomic E-state index is 13.5. The van der Waals surface area contributed by atoms with Crippen molar-refractivity contribution < 1.29 is 27.8 Å². The number of nitrogens with zero attached hydrogens (tertiary/aromatic N) is 7. The van der Waals surface area contributed by atoms with Crippen molar-refractivity contribution in [1.29, 1.82) is 5.26 Å². The van der Waals surface area contributed by atoms with E-state index in [1.807, 2.05) is 11.6 Å². The minimum absolute atomic E-state index is 0.119. The van der Waals surface area contributed by atoms with Gasteiger partial charge in [-0.2, -0.15) is 24.2 Å². The van der Waals surface area contributed by atoms with Crippen LogP contribution in [0.1, 0.15) is 35.9 Å². The van der Waals surface area contributed by atoms with E-state index < -0.39 is 25.1 Å². The van der Waals surface area contributed by atoms with Crippen LogP contribution in [0.25, 0.3) is 16.8 Å². The van der Waals surface area contributed by atoms with Crippen LogP contribution in [0.15, 0.2) is 36.8 Å². The Morgan fingerprint density at radius 2 is 1.98 bits per heavy atom. The lowest BCUT2D eigenvalue weighted by Crippen LogP contribution is -2.41. The number of fused-ring (bicyclic) bond motifs is 3. The topological polar surface area (TPSA) is 126 Å². The average molecular weight is 595 g/mol. The van der Waals surface area contributed by atoms with Gasteiger partial charge in [-0.25, -0.2) is 8.91 Å². The summed E-state index contributed by atoms with van der Waals surface area (Å²) in [7, 11) is 0. The largest absolute Gasteiger partial charge is 0.479 e. The molecule has 2 fully saturated rings. The number of alkyl halides is 2. The Balaban J connectivity index is 1.20. The number of aromatic nitrogens is 5. The molecule has 5 heterocycles. The van der Waals surface area contributed by atoms with Crippen LogP contribution in [0.3, 0.4) is 0 Å². The molecule has 0 radical (unpaired) electrons.